The van der Waals surface area contributed by atoms with Crippen LogP contribution >= 0.6 is 11.3 Å². The Morgan fingerprint density at radius 3 is 3.21 bits per heavy atom. The van der Waals surface area contributed by atoms with Gasteiger partial charge in [0.25, 0.3) is 0 Å². The zero-order valence-corrected chi connectivity index (χ0v) is 8.92. The summed E-state index contributed by atoms with van der Waals surface area (Å²) in [5, 5.41) is 7.37. The average molecular weight is 207 g/mol. The van der Waals surface area contributed by atoms with Crippen molar-refractivity contribution >= 4 is 11.3 Å². The van der Waals surface area contributed by atoms with Crippen LogP contribution in [0.1, 0.15) is 0 Å². The van der Waals surface area contributed by atoms with Gasteiger partial charge in [-0.15, -0.1) is 0 Å². The predicted octanol–water partition coefficient (Wildman–Crippen LogP) is 1.83. The number of hydrogen-bond acceptors (Lipinski definition) is 3. The third-order valence-electron chi connectivity index (χ3n) is 2.13. The largest absolute Gasteiger partial charge is 0.329 e. The normalized spacial score (nSPS) is 10.6. The van der Waals surface area contributed by atoms with Gasteiger partial charge in [0.2, 0.25) is 0 Å². The third-order valence-corrected chi connectivity index (χ3v) is 2.82. The zero-order chi connectivity index (χ0) is 9.80. The average Bonchev–Trinajstić information content (AvgIpc) is 2.84. The number of aromatic nitrogens is 2. The maximum Gasteiger partial charge on any atom is 0.0951 e. The van der Waals surface area contributed by atoms with Crippen LogP contribution in [-0.4, -0.2) is 23.1 Å². The Balaban J connectivity index is 2.22. The van der Waals surface area contributed by atoms with Gasteiger partial charge in [0, 0.05) is 24.0 Å². The molecule has 74 valence electrons. The zero-order valence-electron chi connectivity index (χ0n) is 8.10. The predicted molar refractivity (Wildman–Crippen MR) is 59.5 cm³/mol. The van der Waals surface area contributed by atoms with Crippen LogP contribution in [0.5, 0.6) is 0 Å². The van der Waals surface area contributed by atoms with Gasteiger partial charge < -0.3 is 9.88 Å². The molecule has 0 saturated carbocycles. The summed E-state index contributed by atoms with van der Waals surface area (Å²) < 4.78 is 2.17. The molecule has 0 unspecified atom stereocenters. The molecule has 0 aromatic carbocycles. The second kappa shape index (κ2) is 4.39. The Bertz CT molecular complexity index is 378. The van der Waals surface area contributed by atoms with Crippen molar-refractivity contribution in [1.29, 1.82) is 0 Å². The van der Waals surface area contributed by atoms with Crippen LogP contribution in [0.25, 0.3) is 11.3 Å². The minimum absolute atomic E-state index is 0.960. The molecule has 0 spiro atoms. The fourth-order valence-corrected chi connectivity index (χ4v) is 2.03. The summed E-state index contributed by atoms with van der Waals surface area (Å²) in [6.07, 6.45) is 3.79. The molecule has 2 heterocycles. The second-order valence-electron chi connectivity index (χ2n) is 3.09. The highest BCUT2D eigenvalue weighted by Crippen LogP contribution is 2.21. The number of likely N-dealkylation sites (N-methyl/N-ethyl adjacent to an activating group) is 1. The first kappa shape index (κ1) is 9.43. The Hall–Kier alpha value is -1.13. The summed E-state index contributed by atoms with van der Waals surface area (Å²) in [7, 11) is 1.96. The van der Waals surface area contributed by atoms with Crippen molar-refractivity contribution in [3.05, 3.63) is 29.4 Å². The monoisotopic (exact) mass is 207 g/mol. The molecule has 1 N–H and O–H groups in total. The molecule has 2 rings (SSSR count). The maximum absolute atomic E-state index is 4.17. The van der Waals surface area contributed by atoms with E-state index in [0.29, 0.717) is 0 Å². The number of rotatable bonds is 4. The molecule has 0 amide bonds. The van der Waals surface area contributed by atoms with Crippen LogP contribution < -0.4 is 5.32 Å². The van der Waals surface area contributed by atoms with Gasteiger partial charge in [0.1, 0.15) is 0 Å². The van der Waals surface area contributed by atoms with Crippen LogP contribution in [0.3, 0.4) is 0 Å². The molecule has 0 radical (unpaired) electrons. The van der Waals surface area contributed by atoms with Crippen LogP contribution in [0.2, 0.25) is 0 Å². The van der Waals surface area contributed by atoms with Gasteiger partial charge in [-0.3, -0.25) is 0 Å². The SMILES string of the molecule is CNCCn1cncc1-c1ccsc1. The van der Waals surface area contributed by atoms with Crippen molar-refractivity contribution < 1.29 is 0 Å². The molecule has 0 saturated heterocycles. The molecular weight excluding hydrogens is 194 g/mol. The lowest BCUT2D eigenvalue weighted by molar-refractivity contribution is 0.649. The summed E-state index contributed by atoms with van der Waals surface area (Å²) in [6, 6.07) is 2.12. The van der Waals surface area contributed by atoms with Gasteiger partial charge in [0.15, 0.2) is 0 Å². The molecule has 0 fully saturated rings. The minimum atomic E-state index is 0.960. The van der Waals surface area contributed by atoms with Crippen molar-refractivity contribution in [1.82, 2.24) is 14.9 Å². The van der Waals surface area contributed by atoms with Gasteiger partial charge in [-0.1, -0.05) is 0 Å². The van der Waals surface area contributed by atoms with E-state index in [1.165, 1.54) is 11.3 Å². The summed E-state index contributed by atoms with van der Waals surface area (Å²) in [6.45, 7) is 1.93. The molecule has 0 aliphatic rings. The van der Waals surface area contributed by atoms with Crippen LogP contribution in [-0.2, 0) is 6.54 Å². The van der Waals surface area contributed by atoms with Gasteiger partial charge in [0.05, 0.1) is 18.2 Å². The third kappa shape index (κ3) is 1.86. The van der Waals surface area contributed by atoms with E-state index in [9.17, 15) is 0 Å². The lowest BCUT2D eigenvalue weighted by atomic mass is 10.2. The van der Waals surface area contributed by atoms with Gasteiger partial charge in [-0.05, 0) is 18.5 Å². The highest BCUT2D eigenvalue weighted by atomic mass is 32.1. The van der Waals surface area contributed by atoms with Crippen molar-refractivity contribution in [2.24, 2.45) is 0 Å². The number of nitrogens with zero attached hydrogens (tertiary/aromatic N) is 2. The highest BCUT2D eigenvalue weighted by Gasteiger charge is 2.03. The summed E-state index contributed by atoms with van der Waals surface area (Å²) >= 11 is 1.71. The van der Waals surface area contributed by atoms with Crippen molar-refractivity contribution in [2.75, 3.05) is 13.6 Å². The van der Waals surface area contributed by atoms with Crippen LogP contribution in [0.15, 0.2) is 29.4 Å². The molecular formula is C10H13N3S. The second-order valence-corrected chi connectivity index (χ2v) is 3.87. The smallest absolute Gasteiger partial charge is 0.0951 e. The molecule has 2 aromatic heterocycles. The van der Waals surface area contributed by atoms with Crippen molar-refractivity contribution in [3.8, 4) is 11.3 Å². The molecule has 4 heteroatoms. The topological polar surface area (TPSA) is 29.9 Å². The standard InChI is InChI=1S/C10H13N3S/c1-11-3-4-13-8-12-6-10(13)9-2-5-14-7-9/h2,5-8,11H,3-4H2,1H3. The quantitative estimate of drug-likeness (QED) is 0.829. The number of nitrogens with one attached hydrogen (secondary N) is 1. The molecule has 0 aliphatic carbocycles. The summed E-state index contributed by atoms with van der Waals surface area (Å²) in [5.41, 5.74) is 2.45. The summed E-state index contributed by atoms with van der Waals surface area (Å²) in [5.74, 6) is 0. The Labute approximate surface area is 87.4 Å². The van der Waals surface area contributed by atoms with Gasteiger partial charge in [-0.2, -0.15) is 11.3 Å². The van der Waals surface area contributed by atoms with Crippen molar-refractivity contribution in [3.63, 3.8) is 0 Å². The van der Waals surface area contributed by atoms with E-state index in [0.717, 1.165) is 13.1 Å². The fraction of sp³-hybridized carbons (Fsp3) is 0.300. The number of imidazole rings is 1. The summed E-state index contributed by atoms with van der Waals surface area (Å²) in [4.78, 5) is 4.17. The molecule has 3 nitrogen and oxygen atoms in total. The Morgan fingerprint density at radius 2 is 2.50 bits per heavy atom. The molecule has 0 aliphatic heterocycles. The number of hydrogen-bond donors (Lipinski definition) is 1. The van der Waals surface area contributed by atoms with Gasteiger partial charge >= 0.3 is 0 Å². The first-order valence-corrected chi connectivity index (χ1v) is 5.53. The first-order valence-electron chi connectivity index (χ1n) is 4.59. The van der Waals surface area contributed by atoms with E-state index in [1.807, 2.05) is 19.6 Å². The molecule has 0 atom stereocenters. The fourth-order valence-electron chi connectivity index (χ4n) is 1.38. The molecule has 14 heavy (non-hydrogen) atoms. The van der Waals surface area contributed by atoms with Gasteiger partial charge in [-0.25, -0.2) is 4.98 Å². The van der Waals surface area contributed by atoms with E-state index in [-0.39, 0.29) is 0 Å². The van der Waals surface area contributed by atoms with Crippen LogP contribution in [0, 0.1) is 0 Å². The van der Waals surface area contributed by atoms with E-state index < -0.39 is 0 Å². The molecule has 2 aromatic rings. The van der Waals surface area contributed by atoms with Crippen molar-refractivity contribution in [2.45, 2.75) is 6.54 Å². The first-order chi connectivity index (χ1) is 6.92. The van der Waals surface area contributed by atoms with E-state index in [2.05, 4.69) is 31.7 Å². The maximum atomic E-state index is 4.17. The lowest BCUT2D eigenvalue weighted by Crippen LogP contribution is -2.14. The highest BCUT2D eigenvalue weighted by molar-refractivity contribution is 7.08. The minimum Gasteiger partial charge on any atom is -0.329 e. The Morgan fingerprint density at radius 1 is 1.57 bits per heavy atom. The lowest BCUT2D eigenvalue weighted by Gasteiger charge is -2.05. The molecule has 0 bridgehead atoms. The number of thiophene rings is 1. The van der Waals surface area contributed by atoms with Crippen LogP contribution in [0.4, 0.5) is 0 Å². The van der Waals surface area contributed by atoms with E-state index in [1.54, 1.807) is 11.3 Å². The van der Waals surface area contributed by atoms with E-state index in [4.69, 9.17) is 0 Å². The van der Waals surface area contributed by atoms with E-state index >= 15 is 0 Å². The Kier molecular flexibility index (Phi) is 2.96.